The Bertz CT molecular complexity index is 467. The number of amides is 3. The van der Waals surface area contributed by atoms with Crippen LogP contribution in [0.4, 0.5) is 0 Å². The highest BCUT2D eigenvalue weighted by Gasteiger charge is 2.57. The molecule has 1 N–H and O–H groups in total. The summed E-state index contributed by atoms with van der Waals surface area (Å²) in [5.74, 6) is -0.684. The molecule has 1 aliphatic heterocycles. The molecule has 1 heterocycles. The molecule has 108 valence electrons. The third kappa shape index (κ3) is 1.72. The van der Waals surface area contributed by atoms with Crippen LogP contribution in [-0.4, -0.2) is 35.2 Å². The van der Waals surface area contributed by atoms with Gasteiger partial charge in [0.2, 0.25) is 17.7 Å². The number of allylic oxidation sites excluding steroid dienone is 2. The van der Waals surface area contributed by atoms with Gasteiger partial charge in [0.15, 0.2) is 0 Å². The smallest absolute Gasteiger partial charge is 0.243 e. The van der Waals surface area contributed by atoms with Gasteiger partial charge in [-0.05, 0) is 38.5 Å². The number of hydrogen-bond donors (Lipinski definition) is 1. The lowest BCUT2D eigenvalue weighted by Crippen LogP contribution is -2.48. The number of fused-ring (bicyclic) bond motifs is 1. The van der Waals surface area contributed by atoms with Gasteiger partial charge in [0, 0.05) is 6.54 Å². The molecule has 3 amide bonds. The van der Waals surface area contributed by atoms with Crippen LogP contribution in [0.25, 0.3) is 0 Å². The summed E-state index contributed by atoms with van der Waals surface area (Å²) in [6.07, 6.45) is 6.12. The predicted octanol–water partition coefficient (Wildman–Crippen LogP) is 0.708. The molecule has 0 aromatic carbocycles. The summed E-state index contributed by atoms with van der Waals surface area (Å²) < 4.78 is 0. The van der Waals surface area contributed by atoms with E-state index in [1.54, 1.807) is 6.92 Å². The number of nitrogens with zero attached hydrogens (tertiary/aromatic N) is 1. The maximum absolute atomic E-state index is 12.6. The van der Waals surface area contributed by atoms with Crippen molar-refractivity contribution in [3.05, 3.63) is 12.2 Å². The average molecular weight is 276 g/mol. The number of carbonyl (C=O) groups excluding carboxylic acids is 3. The lowest BCUT2D eigenvalue weighted by Gasteiger charge is -2.38. The summed E-state index contributed by atoms with van der Waals surface area (Å²) >= 11 is 0. The van der Waals surface area contributed by atoms with E-state index in [9.17, 15) is 14.4 Å². The maximum Gasteiger partial charge on any atom is 0.243 e. The van der Waals surface area contributed by atoms with E-state index in [4.69, 9.17) is 0 Å². The Kier molecular flexibility index (Phi) is 3.15. The minimum absolute atomic E-state index is 0.155. The molecule has 5 nitrogen and oxygen atoms in total. The fourth-order valence-corrected chi connectivity index (χ4v) is 3.92. The molecule has 0 radical (unpaired) electrons. The van der Waals surface area contributed by atoms with E-state index in [1.165, 1.54) is 4.90 Å². The van der Waals surface area contributed by atoms with Crippen molar-refractivity contribution in [2.45, 2.75) is 32.7 Å². The quantitative estimate of drug-likeness (QED) is 0.610. The van der Waals surface area contributed by atoms with Crippen molar-refractivity contribution in [3.63, 3.8) is 0 Å². The first-order valence-electron chi connectivity index (χ1n) is 7.39. The molecule has 1 saturated heterocycles. The van der Waals surface area contributed by atoms with E-state index < -0.39 is 6.04 Å². The Morgan fingerprint density at radius 3 is 2.15 bits per heavy atom. The lowest BCUT2D eigenvalue weighted by molar-refractivity contribution is -0.147. The second kappa shape index (κ2) is 4.72. The number of rotatable bonds is 3. The van der Waals surface area contributed by atoms with Crippen LogP contribution in [0.3, 0.4) is 0 Å². The predicted molar refractivity (Wildman–Crippen MR) is 72.3 cm³/mol. The molecule has 20 heavy (non-hydrogen) atoms. The molecule has 4 aliphatic rings. The summed E-state index contributed by atoms with van der Waals surface area (Å²) in [5, 5.41) is 2.68. The van der Waals surface area contributed by atoms with Crippen LogP contribution in [0.1, 0.15) is 26.7 Å². The van der Waals surface area contributed by atoms with Crippen LogP contribution in [0.2, 0.25) is 0 Å². The van der Waals surface area contributed by atoms with Gasteiger partial charge in [0.05, 0.1) is 11.8 Å². The molecule has 5 heteroatoms. The van der Waals surface area contributed by atoms with Crippen LogP contribution in [0.15, 0.2) is 12.2 Å². The van der Waals surface area contributed by atoms with Crippen molar-refractivity contribution in [3.8, 4) is 0 Å². The molecule has 0 aromatic heterocycles. The molecular formula is C15H20N2O3. The van der Waals surface area contributed by atoms with Crippen LogP contribution in [0, 0.1) is 23.7 Å². The number of nitrogens with one attached hydrogen (secondary N) is 1. The Hall–Kier alpha value is -1.65. The average Bonchev–Trinajstić information content (AvgIpc) is 2.74. The highest BCUT2D eigenvalue weighted by atomic mass is 16.2. The van der Waals surface area contributed by atoms with Gasteiger partial charge in [-0.2, -0.15) is 0 Å². The second-order valence-electron chi connectivity index (χ2n) is 5.96. The van der Waals surface area contributed by atoms with Crippen LogP contribution < -0.4 is 5.32 Å². The number of hydrogen-bond acceptors (Lipinski definition) is 3. The summed E-state index contributed by atoms with van der Waals surface area (Å²) in [4.78, 5) is 38.3. The first kappa shape index (κ1) is 13.3. The fourth-order valence-electron chi connectivity index (χ4n) is 3.92. The van der Waals surface area contributed by atoms with Gasteiger partial charge in [0.25, 0.3) is 0 Å². The van der Waals surface area contributed by atoms with Crippen molar-refractivity contribution in [1.29, 1.82) is 0 Å². The topological polar surface area (TPSA) is 66.5 Å². The maximum atomic E-state index is 12.6. The van der Waals surface area contributed by atoms with Gasteiger partial charge >= 0.3 is 0 Å². The minimum atomic E-state index is -0.708. The van der Waals surface area contributed by atoms with Crippen LogP contribution >= 0.6 is 0 Å². The van der Waals surface area contributed by atoms with E-state index in [0.717, 1.165) is 12.8 Å². The molecule has 2 fully saturated rings. The van der Waals surface area contributed by atoms with Crippen molar-refractivity contribution < 1.29 is 14.4 Å². The molecule has 0 aromatic rings. The van der Waals surface area contributed by atoms with Crippen molar-refractivity contribution in [1.82, 2.24) is 10.2 Å². The second-order valence-corrected chi connectivity index (χ2v) is 5.96. The molecule has 0 spiro atoms. The van der Waals surface area contributed by atoms with Gasteiger partial charge in [-0.25, -0.2) is 0 Å². The third-order valence-corrected chi connectivity index (χ3v) is 4.91. The van der Waals surface area contributed by atoms with Crippen LogP contribution in [-0.2, 0) is 14.4 Å². The Morgan fingerprint density at radius 2 is 1.75 bits per heavy atom. The number of likely N-dealkylation sites (tertiary alicyclic amines) is 1. The van der Waals surface area contributed by atoms with Crippen molar-refractivity contribution in [2.75, 3.05) is 6.54 Å². The zero-order valence-corrected chi connectivity index (χ0v) is 11.8. The van der Waals surface area contributed by atoms with E-state index >= 15 is 0 Å². The Morgan fingerprint density at radius 1 is 1.25 bits per heavy atom. The first-order valence-corrected chi connectivity index (χ1v) is 7.39. The summed E-state index contributed by atoms with van der Waals surface area (Å²) in [5.41, 5.74) is 0. The number of likely N-dealkylation sites (N-methyl/N-ethyl adjacent to an activating group) is 1. The van der Waals surface area contributed by atoms with E-state index in [0.29, 0.717) is 6.54 Å². The molecule has 4 rings (SSSR count). The Balaban J connectivity index is 1.87. The minimum Gasteiger partial charge on any atom is -0.355 e. The van der Waals surface area contributed by atoms with Gasteiger partial charge in [-0.1, -0.05) is 12.2 Å². The molecule has 1 saturated carbocycles. The first-order chi connectivity index (χ1) is 9.56. The molecule has 5 atom stereocenters. The highest BCUT2D eigenvalue weighted by molar-refractivity contribution is 6.08. The number of carbonyl (C=O) groups is 3. The van der Waals surface area contributed by atoms with E-state index in [1.807, 2.05) is 6.92 Å². The summed E-state index contributed by atoms with van der Waals surface area (Å²) in [6, 6.07) is -0.708. The van der Waals surface area contributed by atoms with Gasteiger partial charge in [0.1, 0.15) is 6.04 Å². The molecular weight excluding hydrogens is 256 g/mol. The van der Waals surface area contributed by atoms with E-state index in [-0.39, 0.29) is 41.4 Å². The van der Waals surface area contributed by atoms with Crippen molar-refractivity contribution in [2.24, 2.45) is 23.7 Å². The standard InChI is InChI=1S/C15H20N2O3/c1-3-16-13(18)8(2)17-14(19)11-9-4-5-10(7-6-9)12(11)15(17)20/h4-5,8-12H,3,6-7H2,1-2H3,(H,16,18). The van der Waals surface area contributed by atoms with E-state index in [2.05, 4.69) is 17.5 Å². The monoisotopic (exact) mass is 276 g/mol. The largest absolute Gasteiger partial charge is 0.355 e. The normalized spacial score (nSPS) is 36.2. The fraction of sp³-hybridized carbons (Fsp3) is 0.667. The third-order valence-electron chi connectivity index (χ3n) is 4.91. The molecule has 5 unspecified atom stereocenters. The summed E-state index contributed by atoms with van der Waals surface area (Å²) in [6.45, 7) is 3.95. The highest BCUT2D eigenvalue weighted by Crippen LogP contribution is 2.49. The van der Waals surface area contributed by atoms with Gasteiger partial charge in [-0.15, -0.1) is 0 Å². The Labute approximate surface area is 118 Å². The van der Waals surface area contributed by atoms with Crippen LogP contribution in [0.5, 0.6) is 0 Å². The van der Waals surface area contributed by atoms with Crippen molar-refractivity contribution >= 4 is 17.7 Å². The van der Waals surface area contributed by atoms with Gasteiger partial charge < -0.3 is 5.32 Å². The zero-order chi connectivity index (χ0) is 14.4. The molecule has 2 bridgehead atoms. The number of imide groups is 1. The van der Waals surface area contributed by atoms with Gasteiger partial charge in [-0.3, -0.25) is 19.3 Å². The SMILES string of the molecule is CCNC(=O)C(C)N1C(=O)C2C3C=CC(CC3)C2C1=O. The lowest BCUT2D eigenvalue weighted by atomic mass is 9.63. The molecule has 3 aliphatic carbocycles. The summed E-state index contributed by atoms with van der Waals surface area (Å²) in [7, 11) is 0. The zero-order valence-electron chi connectivity index (χ0n) is 11.8.